The van der Waals surface area contributed by atoms with Gasteiger partial charge in [0.15, 0.2) is 0 Å². The highest BCUT2D eigenvalue weighted by Gasteiger charge is 2.40. The van der Waals surface area contributed by atoms with E-state index in [2.05, 4.69) is 13.2 Å². The average molecular weight is 323 g/mol. The smallest absolute Gasteiger partial charge is 0.410 e. The van der Waals surface area contributed by atoms with E-state index >= 15 is 0 Å². The first-order valence-corrected chi connectivity index (χ1v) is 7.49. The summed E-state index contributed by atoms with van der Waals surface area (Å²) in [6, 6.07) is 0. The molecule has 0 aromatic carbocycles. The molecule has 1 N–H and O–H groups in total. The average Bonchev–Trinajstić information content (AvgIpc) is 2.53. The monoisotopic (exact) mass is 323 g/mol. The molecule has 0 fully saturated rings. The lowest BCUT2D eigenvalue weighted by atomic mass is 9.85. The van der Waals surface area contributed by atoms with E-state index in [0.29, 0.717) is 19.6 Å². The van der Waals surface area contributed by atoms with Crippen LogP contribution >= 0.6 is 0 Å². The Kier molecular flexibility index (Phi) is 7.97. The largest absolute Gasteiger partial charge is 0.449 e. The summed E-state index contributed by atoms with van der Waals surface area (Å²) in [6.07, 6.45) is 4.17. The van der Waals surface area contributed by atoms with Crippen LogP contribution in [0, 0.1) is 5.41 Å². The zero-order valence-corrected chi connectivity index (χ0v) is 14.9. The molecule has 0 aliphatic carbocycles. The molecular formula is C18H29NO4. The predicted octanol–water partition coefficient (Wildman–Crippen LogP) is 3.11. The number of aliphatic hydroxyl groups is 1. The van der Waals surface area contributed by atoms with Crippen molar-refractivity contribution in [3.63, 3.8) is 0 Å². The van der Waals surface area contributed by atoms with Gasteiger partial charge in [0.25, 0.3) is 0 Å². The summed E-state index contributed by atoms with van der Waals surface area (Å²) in [5.74, 6) is 0. The minimum atomic E-state index is -0.912. The number of aliphatic hydroxyl groups excluding tert-OH is 1. The topological polar surface area (TPSA) is 66.8 Å². The molecule has 1 heterocycles. The number of rotatable bonds is 4. The lowest BCUT2D eigenvalue weighted by Crippen LogP contribution is -2.54. The Balaban J connectivity index is 0.00000232. The molecule has 0 bridgehead atoms. The van der Waals surface area contributed by atoms with Crippen molar-refractivity contribution in [2.75, 3.05) is 20.3 Å². The Hall–Kier alpha value is -1.88. The Morgan fingerprint density at radius 2 is 1.83 bits per heavy atom. The zero-order valence-electron chi connectivity index (χ0n) is 14.9. The summed E-state index contributed by atoms with van der Waals surface area (Å²) in [4.78, 5) is 25.3. The van der Waals surface area contributed by atoms with Crippen molar-refractivity contribution in [3.05, 3.63) is 36.5 Å². The second kappa shape index (κ2) is 8.67. The SMILES string of the molecule is C=CC1=C(C=C)C[C@@](C)(C=O)N(C(=O)OCC(C)(C)C)C1.CO. The van der Waals surface area contributed by atoms with E-state index in [4.69, 9.17) is 9.84 Å². The number of aldehydes is 1. The Morgan fingerprint density at radius 3 is 2.22 bits per heavy atom. The minimum absolute atomic E-state index is 0.119. The van der Waals surface area contributed by atoms with Crippen molar-refractivity contribution < 1.29 is 19.4 Å². The van der Waals surface area contributed by atoms with Crippen LogP contribution in [0.15, 0.2) is 36.5 Å². The van der Waals surface area contributed by atoms with Crippen LogP contribution in [0.4, 0.5) is 4.79 Å². The third-order valence-electron chi connectivity index (χ3n) is 3.50. The van der Waals surface area contributed by atoms with Crippen LogP contribution in [0.5, 0.6) is 0 Å². The molecule has 5 nitrogen and oxygen atoms in total. The molecule has 1 rings (SSSR count). The number of carbonyl (C=O) groups excluding carboxylic acids is 2. The van der Waals surface area contributed by atoms with Crippen molar-refractivity contribution in [1.82, 2.24) is 4.90 Å². The number of ether oxygens (including phenoxy) is 1. The molecule has 0 aromatic rings. The van der Waals surface area contributed by atoms with Gasteiger partial charge < -0.3 is 14.6 Å². The summed E-state index contributed by atoms with van der Waals surface area (Å²) >= 11 is 0. The molecule has 23 heavy (non-hydrogen) atoms. The van der Waals surface area contributed by atoms with Crippen LogP contribution in [0.2, 0.25) is 0 Å². The molecule has 0 saturated heterocycles. The first kappa shape index (κ1) is 21.1. The van der Waals surface area contributed by atoms with Gasteiger partial charge in [-0.1, -0.05) is 46.1 Å². The van der Waals surface area contributed by atoms with Crippen LogP contribution < -0.4 is 0 Å². The number of allylic oxidation sites excluding steroid dienone is 1. The molecule has 0 saturated carbocycles. The standard InChI is InChI=1S/C17H25NO3.CH4O/c1-7-13-9-17(6,11-19)18(10-14(13)8-2)15(20)21-12-16(3,4)5;1-2/h7-8,11H,1-2,9-10,12H2,3-6H3;2H,1H3/t17-;/m0./s1. The first-order valence-electron chi connectivity index (χ1n) is 7.49. The van der Waals surface area contributed by atoms with E-state index in [1.807, 2.05) is 20.8 Å². The maximum absolute atomic E-state index is 12.3. The molecule has 1 aliphatic heterocycles. The van der Waals surface area contributed by atoms with E-state index in [1.54, 1.807) is 19.1 Å². The molecular weight excluding hydrogens is 294 g/mol. The van der Waals surface area contributed by atoms with Crippen LogP contribution in [-0.2, 0) is 9.53 Å². The van der Waals surface area contributed by atoms with Gasteiger partial charge in [0.05, 0.1) is 13.2 Å². The zero-order chi connectivity index (χ0) is 18.3. The minimum Gasteiger partial charge on any atom is -0.449 e. The Morgan fingerprint density at radius 1 is 1.30 bits per heavy atom. The van der Waals surface area contributed by atoms with Gasteiger partial charge in [-0.25, -0.2) is 4.79 Å². The quantitative estimate of drug-likeness (QED) is 0.807. The fourth-order valence-electron chi connectivity index (χ4n) is 2.18. The highest BCUT2D eigenvalue weighted by atomic mass is 16.6. The van der Waals surface area contributed by atoms with Crippen LogP contribution in [-0.4, -0.2) is 48.2 Å². The number of amides is 1. The lowest BCUT2D eigenvalue weighted by molar-refractivity contribution is -0.117. The van der Waals surface area contributed by atoms with Gasteiger partial charge in [-0.05, 0) is 23.5 Å². The third kappa shape index (κ3) is 5.67. The van der Waals surface area contributed by atoms with Crippen molar-refractivity contribution in [2.24, 2.45) is 5.41 Å². The van der Waals surface area contributed by atoms with E-state index in [9.17, 15) is 9.59 Å². The number of hydrogen-bond donors (Lipinski definition) is 1. The van der Waals surface area contributed by atoms with Crippen LogP contribution in [0.3, 0.4) is 0 Å². The van der Waals surface area contributed by atoms with E-state index in [1.165, 1.54) is 4.90 Å². The summed E-state index contributed by atoms with van der Waals surface area (Å²) < 4.78 is 5.35. The van der Waals surface area contributed by atoms with Gasteiger partial charge >= 0.3 is 6.09 Å². The second-order valence-corrected chi connectivity index (χ2v) is 6.81. The molecule has 1 amide bonds. The lowest BCUT2D eigenvalue weighted by Gasteiger charge is -2.41. The fourth-order valence-corrected chi connectivity index (χ4v) is 2.18. The summed E-state index contributed by atoms with van der Waals surface area (Å²) in [5.41, 5.74) is 0.814. The summed E-state index contributed by atoms with van der Waals surface area (Å²) in [6.45, 7) is 15.8. The molecule has 0 aromatic heterocycles. The van der Waals surface area contributed by atoms with Gasteiger partial charge in [0, 0.05) is 13.5 Å². The molecule has 0 radical (unpaired) electrons. The van der Waals surface area contributed by atoms with Gasteiger partial charge in [0.1, 0.15) is 11.8 Å². The van der Waals surface area contributed by atoms with Crippen LogP contribution in [0.1, 0.15) is 34.1 Å². The number of carbonyl (C=O) groups is 2. The molecule has 130 valence electrons. The molecule has 0 unspecified atom stereocenters. The third-order valence-corrected chi connectivity index (χ3v) is 3.50. The van der Waals surface area contributed by atoms with E-state index in [0.717, 1.165) is 24.5 Å². The molecule has 1 atom stereocenters. The normalized spacial score (nSPS) is 21.0. The van der Waals surface area contributed by atoms with Gasteiger partial charge in [-0.3, -0.25) is 4.90 Å². The van der Waals surface area contributed by atoms with E-state index in [-0.39, 0.29) is 5.41 Å². The highest BCUT2D eigenvalue weighted by Crippen LogP contribution is 2.32. The van der Waals surface area contributed by atoms with Gasteiger partial charge in [-0.2, -0.15) is 0 Å². The second-order valence-electron chi connectivity index (χ2n) is 6.81. The Bertz CT molecular complexity index is 488. The molecule has 1 aliphatic rings. The molecule has 0 spiro atoms. The van der Waals surface area contributed by atoms with Crippen molar-refractivity contribution in [3.8, 4) is 0 Å². The Labute approximate surface area is 139 Å². The van der Waals surface area contributed by atoms with Gasteiger partial charge in [-0.15, -0.1) is 0 Å². The van der Waals surface area contributed by atoms with Crippen molar-refractivity contribution in [2.45, 2.75) is 39.7 Å². The van der Waals surface area contributed by atoms with Crippen molar-refractivity contribution in [1.29, 1.82) is 0 Å². The number of hydrogen-bond acceptors (Lipinski definition) is 4. The van der Waals surface area contributed by atoms with Crippen molar-refractivity contribution >= 4 is 12.4 Å². The highest BCUT2D eigenvalue weighted by molar-refractivity contribution is 5.78. The fraction of sp³-hybridized carbons (Fsp3) is 0.556. The predicted molar refractivity (Wildman–Crippen MR) is 92.2 cm³/mol. The number of nitrogens with zero attached hydrogens (tertiary/aromatic N) is 1. The summed E-state index contributed by atoms with van der Waals surface area (Å²) in [5, 5.41) is 7.00. The first-order chi connectivity index (χ1) is 10.7. The maximum Gasteiger partial charge on any atom is 0.410 e. The maximum atomic E-state index is 12.3. The van der Waals surface area contributed by atoms with Crippen LogP contribution in [0.25, 0.3) is 0 Å². The summed E-state index contributed by atoms with van der Waals surface area (Å²) in [7, 11) is 1.00. The van der Waals surface area contributed by atoms with E-state index < -0.39 is 11.6 Å². The van der Waals surface area contributed by atoms with Gasteiger partial charge in [0.2, 0.25) is 0 Å². The molecule has 5 heteroatoms.